The molecule has 3 unspecified atom stereocenters. The van der Waals surface area contributed by atoms with Crippen molar-refractivity contribution in [3.8, 4) is 5.75 Å². The molecule has 22 heavy (non-hydrogen) atoms. The smallest absolute Gasteiger partial charge is 0.230 e. The Morgan fingerprint density at radius 1 is 1.41 bits per heavy atom. The number of hydrogen-bond donors (Lipinski definition) is 1. The summed E-state index contributed by atoms with van der Waals surface area (Å²) >= 11 is 0. The highest BCUT2D eigenvalue weighted by molar-refractivity contribution is 5.83. The van der Waals surface area contributed by atoms with Gasteiger partial charge in [-0.25, -0.2) is 0 Å². The van der Waals surface area contributed by atoms with E-state index >= 15 is 0 Å². The van der Waals surface area contributed by atoms with Crippen LogP contribution in [0, 0.1) is 0 Å². The van der Waals surface area contributed by atoms with Crippen molar-refractivity contribution < 1.29 is 19.4 Å². The zero-order valence-corrected chi connectivity index (χ0v) is 13.5. The van der Waals surface area contributed by atoms with Crippen molar-refractivity contribution in [2.24, 2.45) is 0 Å². The number of amides is 1. The van der Waals surface area contributed by atoms with Gasteiger partial charge < -0.3 is 19.5 Å². The van der Waals surface area contributed by atoms with Gasteiger partial charge in [0.1, 0.15) is 5.75 Å². The third-order valence-corrected chi connectivity index (χ3v) is 4.11. The number of rotatable bonds is 5. The quantitative estimate of drug-likeness (QED) is 0.901. The summed E-state index contributed by atoms with van der Waals surface area (Å²) in [5, 5.41) is 9.61. The molecule has 0 bridgehead atoms. The van der Waals surface area contributed by atoms with Gasteiger partial charge in [0.25, 0.3) is 0 Å². The number of aliphatic hydroxyl groups is 1. The van der Waals surface area contributed by atoms with Gasteiger partial charge >= 0.3 is 0 Å². The van der Waals surface area contributed by atoms with Crippen LogP contribution in [0.5, 0.6) is 5.75 Å². The van der Waals surface area contributed by atoms with Crippen LogP contribution in [0.25, 0.3) is 0 Å². The summed E-state index contributed by atoms with van der Waals surface area (Å²) in [6.07, 6.45) is 0.0967. The van der Waals surface area contributed by atoms with Crippen molar-refractivity contribution in [3.63, 3.8) is 0 Å². The molecule has 1 amide bonds. The lowest BCUT2D eigenvalue weighted by Crippen LogP contribution is -2.51. The second-order valence-corrected chi connectivity index (χ2v) is 5.84. The normalized spacial score (nSPS) is 21.3. The van der Waals surface area contributed by atoms with Gasteiger partial charge in [0.2, 0.25) is 5.91 Å². The first-order valence-corrected chi connectivity index (χ1v) is 7.73. The van der Waals surface area contributed by atoms with Gasteiger partial charge in [-0.05, 0) is 38.0 Å². The molecular formula is C17H25NO4. The van der Waals surface area contributed by atoms with Crippen LogP contribution >= 0.6 is 0 Å². The van der Waals surface area contributed by atoms with E-state index < -0.39 is 6.10 Å². The van der Waals surface area contributed by atoms with E-state index in [1.165, 1.54) is 0 Å². The van der Waals surface area contributed by atoms with Crippen LogP contribution in [0.4, 0.5) is 0 Å². The molecule has 3 atom stereocenters. The second-order valence-electron chi connectivity index (χ2n) is 5.84. The van der Waals surface area contributed by atoms with Gasteiger partial charge in [0.15, 0.2) is 0 Å². The molecule has 1 aliphatic rings. The number of ether oxygens (including phenoxy) is 2. The van der Waals surface area contributed by atoms with E-state index in [1.54, 1.807) is 14.0 Å². The minimum Gasteiger partial charge on any atom is -0.497 e. The molecule has 0 aliphatic carbocycles. The highest BCUT2D eigenvalue weighted by Gasteiger charge is 2.31. The topological polar surface area (TPSA) is 59.0 Å². The maximum atomic E-state index is 12.8. The number of aliphatic hydroxyl groups excluding tert-OH is 1. The standard InChI is InChI=1S/C17H25NO4/c1-12(19)10-15-11-22-9-8-18(15)17(20)13(2)14-4-6-16(21-3)7-5-14/h4-7,12-13,15,19H,8-11H2,1-3H3. The maximum absolute atomic E-state index is 12.8. The zero-order valence-electron chi connectivity index (χ0n) is 13.5. The number of morpholine rings is 1. The molecule has 2 rings (SSSR count). The van der Waals surface area contributed by atoms with Crippen molar-refractivity contribution in [1.82, 2.24) is 4.90 Å². The molecule has 0 spiro atoms. The van der Waals surface area contributed by atoms with E-state index in [2.05, 4.69) is 0 Å². The van der Waals surface area contributed by atoms with Gasteiger partial charge in [0.05, 0.1) is 38.4 Å². The molecule has 1 N–H and O–H groups in total. The van der Waals surface area contributed by atoms with Crippen LogP contribution in [0.15, 0.2) is 24.3 Å². The van der Waals surface area contributed by atoms with E-state index in [4.69, 9.17) is 9.47 Å². The summed E-state index contributed by atoms with van der Waals surface area (Å²) in [5.41, 5.74) is 0.966. The molecule has 1 saturated heterocycles. The molecule has 1 heterocycles. The third kappa shape index (κ3) is 3.99. The fourth-order valence-electron chi connectivity index (χ4n) is 2.82. The monoisotopic (exact) mass is 307 g/mol. The molecule has 0 aromatic heterocycles. The molecule has 5 heteroatoms. The highest BCUT2D eigenvalue weighted by Crippen LogP contribution is 2.24. The number of hydrogen-bond acceptors (Lipinski definition) is 4. The predicted octanol–water partition coefficient (Wildman–Crippen LogP) is 1.80. The summed E-state index contributed by atoms with van der Waals surface area (Å²) in [4.78, 5) is 14.7. The van der Waals surface area contributed by atoms with Gasteiger partial charge in [-0.3, -0.25) is 4.79 Å². The Labute approximate surface area is 131 Å². The maximum Gasteiger partial charge on any atom is 0.230 e. The van der Waals surface area contributed by atoms with Crippen LogP contribution in [-0.4, -0.2) is 54.9 Å². The fourth-order valence-corrected chi connectivity index (χ4v) is 2.82. The van der Waals surface area contributed by atoms with Crippen LogP contribution < -0.4 is 4.74 Å². The van der Waals surface area contributed by atoms with Gasteiger partial charge in [-0.15, -0.1) is 0 Å². The lowest BCUT2D eigenvalue weighted by atomic mass is 9.97. The molecule has 1 fully saturated rings. The van der Waals surface area contributed by atoms with Crippen molar-refractivity contribution in [2.45, 2.75) is 38.3 Å². The molecule has 1 aromatic carbocycles. The summed E-state index contributed by atoms with van der Waals surface area (Å²) in [7, 11) is 1.62. The Balaban J connectivity index is 2.09. The minimum atomic E-state index is -0.446. The molecular weight excluding hydrogens is 282 g/mol. The average Bonchev–Trinajstić information content (AvgIpc) is 2.53. The Kier molecular flexibility index (Phi) is 5.80. The Hall–Kier alpha value is -1.59. The van der Waals surface area contributed by atoms with Crippen LogP contribution in [0.2, 0.25) is 0 Å². The van der Waals surface area contributed by atoms with Crippen molar-refractivity contribution in [3.05, 3.63) is 29.8 Å². The van der Waals surface area contributed by atoms with Crippen LogP contribution in [-0.2, 0) is 9.53 Å². The van der Waals surface area contributed by atoms with Gasteiger partial charge in [-0.2, -0.15) is 0 Å². The number of carbonyl (C=O) groups is 1. The number of nitrogens with zero attached hydrogens (tertiary/aromatic N) is 1. The second kappa shape index (κ2) is 7.61. The highest BCUT2D eigenvalue weighted by atomic mass is 16.5. The first kappa shape index (κ1) is 16.8. The zero-order chi connectivity index (χ0) is 16.1. The van der Waals surface area contributed by atoms with Crippen LogP contribution in [0.1, 0.15) is 31.7 Å². The molecule has 1 aromatic rings. The predicted molar refractivity (Wildman–Crippen MR) is 84.0 cm³/mol. The van der Waals surface area contributed by atoms with E-state index in [0.717, 1.165) is 11.3 Å². The van der Waals surface area contributed by atoms with E-state index in [9.17, 15) is 9.90 Å². The molecule has 1 aliphatic heterocycles. The minimum absolute atomic E-state index is 0.0538. The summed E-state index contributed by atoms with van der Waals surface area (Å²) in [6, 6.07) is 7.52. The number of methoxy groups -OCH3 is 1. The first-order chi connectivity index (χ1) is 10.5. The van der Waals surface area contributed by atoms with E-state index in [0.29, 0.717) is 26.2 Å². The summed E-state index contributed by atoms with van der Waals surface area (Å²) in [5.74, 6) is 0.640. The van der Waals surface area contributed by atoms with Gasteiger partial charge in [0, 0.05) is 6.54 Å². The lowest BCUT2D eigenvalue weighted by molar-refractivity contribution is -0.142. The lowest BCUT2D eigenvalue weighted by Gasteiger charge is -2.37. The van der Waals surface area contributed by atoms with Gasteiger partial charge in [-0.1, -0.05) is 12.1 Å². The third-order valence-electron chi connectivity index (χ3n) is 4.11. The van der Waals surface area contributed by atoms with Crippen molar-refractivity contribution >= 4 is 5.91 Å². The van der Waals surface area contributed by atoms with Crippen molar-refractivity contribution in [2.75, 3.05) is 26.9 Å². The molecule has 5 nitrogen and oxygen atoms in total. The largest absolute Gasteiger partial charge is 0.497 e. The molecule has 0 saturated carbocycles. The van der Waals surface area contributed by atoms with E-state index in [-0.39, 0.29) is 17.9 Å². The summed E-state index contributed by atoms with van der Waals surface area (Å²) in [6.45, 7) is 5.28. The van der Waals surface area contributed by atoms with E-state index in [1.807, 2.05) is 36.1 Å². The van der Waals surface area contributed by atoms with Crippen LogP contribution in [0.3, 0.4) is 0 Å². The Bertz CT molecular complexity index is 486. The molecule has 122 valence electrons. The first-order valence-electron chi connectivity index (χ1n) is 7.73. The Morgan fingerprint density at radius 2 is 2.09 bits per heavy atom. The fraction of sp³-hybridized carbons (Fsp3) is 0.588. The average molecular weight is 307 g/mol. The summed E-state index contributed by atoms with van der Waals surface area (Å²) < 4.78 is 10.6. The number of benzene rings is 1. The molecule has 0 radical (unpaired) electrons. The number of carbonyl (C=O) groups excluding carboxylic acids is 1. The Morgan fingerprint density at radius 3 is 2.68 bits per heavy atom. The SMILES string of the molecule is COc1ccc(C(C)C(=O)N2CCOCC2CC(C)O)cc1. The van der Waals surface area contributed by atoms with Crippen molar-refractivity contribution in [1.29, 1.82) is 0 Å².